The zero-order valence-corrected chi connectivity index (χ0v) is 11.3. The summed E-state index contributed by atoms with van der Waals surface area (Å²) >= 11 is 5.67. The predicted molar refractivity (Wildman–Crippen MR) is 72.4 cm³/mol. The highest BCUT2D eigenvalue weighted by atomic mass is 35.5. The van der Waals surface area contributed by atoms with Gasteiger partial charge in [-0.15, -0.1) is 0 Å². The highest BCUT2D eigenvalue weighted by Gasteiger charge is 2.21. The van der Waals surface area contributed by atoms with E-state index >= 15 is 0 Å². The Bertz CT molecular complexity index is 783. The first kappa shape index (κ1) is 15.8. The van der Waals surface area contributed by atoms with Gasteiger partial charge in [0.15, 0.2) is 11.6 Å². The molecule has 22 heavy (non-hydrogen) atoms. The highest BCUT2D eigenvalue weighted by Crippen LogP contribution is 2.26. The molecule has 0 atom stereocenters. The van der Waals surface area contributed by atoms with Gasteiger partial charge in [-0.3, -0.25) is 14.9 Å². The number of hydrogen-bond acceptors (Lipinski definition) is 3. The van der Waals surface area contributed by atoms with E-state index in [4.69, 9.17) is 11.6 Å². The summed E-state index contributed by atoms with van der Waals surface area (Å²) < 4.78 is 39.1. The zero-order chi connectivity index (χ0) is 16.4. The van der Waals surface area contributed by atoms with Gasteiger partial charge < -0.3 is 5.32 Å². The van der Waals surface area contributed by atoms with Gasteiger partial charge in [-0.1, -0.05) is 11.6 Å². The first-order chi connectivity index (χ1) is 10.3. The average molecular weight is 331 g/mol. The monoisotopic (exact) mass is 330 g/mol. The van der Waals surface area contributed by atoms with Crippen molar-refractivity contribution in [2.75, 3.05) is 5.32 Å². The van der Waals surface area contributed by atoms with Gasteiger partial charge in [-0.25, -0.2) is 8.78 Å². The summed E-state index contributed by atoms with van der Waals surface area (Å²) in [5.41, 5.74) is -1.40. The van der Waals surface area contributed by atoms with Crippen LogP contribution in [0, 0.1) is 27.6 Å². The van der Waals surface area contributed by atoms with Crippen LogP contribution in [0.1, 0.15) is 10.4 Å². The Kier molecular flexibility index (Phi) is 4.32. The number of carbonyl (C=O) groups is 1. The molecule has 0 aliphatic carbocycles. The van der Waals surface area contributed by atoms with Crippen molar-refractivity contribution in [1.82, 2.24) is 0 Å². The lowest BCUT2D eigenvalue weighted by Gasteiger charge is -2.07. The number of nitro groups is 1. The fraction of sp³-hybridized carbons (Fsp3) is 0. The quantitative estimate of drug-likeness (QED) is 0.685. The van der Waals surface area contributed by atoms with Crippen molar-refractivity contribution in [3.05, 3.63) is 68.5 Å². The van der Waals surface area contributed by atoms with E-state index < -0.39 is 34.0 Å². The van der Waals surface area contributed by atoms with E-state index in [-0.39, 0.29) is 16.3 Å². The molecule has 0 bridgehead atoms. The number of nitro benzene ring substituents is 1. The minimum Gasteiger partial charge on any atom is -0.322 e. The second kappa shape index (κ2) is 6.02. The summed E-state index contributed by atoms with van der Waals surface area (Å²) in [6.45, 7) is 0. The molecule has 0 spiro atoms. The normalized spacial score (nSPS) is 10.4. The Labute approximate surface area is 126 Å². The van der Waals surface area contributed by atoms with Crippen molar-refractivity contribution < 1.29 is 22.9 Å². The topological polar surface area (TPSA) is 72.2 Å². The Hall–Kier alpha value is -2.61. The van der Waals surface area contributed by atoms with Gasteiger partial charge in [0, 0.05) is 23.9 Å². The molecule has 0 heterocycles. The summed E-state index contributed by atoms with van der Waals surface area (Å²) in [5.74, 6) is -4.42. The molecule has 0 aliphatic rings. The number of carbonyl (C=O) groups excluding carboxylic acids is 1. The zero-order valence-electron chi connectivity index (χ0n) is 10.6. The molecular formula is C13H6ClF3N2O3. The number of anilines is 1. The van der Waals surface area contributed by atoms with Crippen LogP contribution in [0.4, 0.5) is 24.5 Å². The highest BCUT2D eigenvalue weighted by molar-refractivity contribution is 6.34. The number of nitrogens with one attached hydrogen (secondary N) is 1. The lowest BCUT2D eigenvalue weighted by molar-refractivity contribution is -0.387. The van der Waals surface area contributed by atoms with Gasteiger partial charge >= 0.3 is 5.69 Å². The molecule has 0 saturated heterocycles. The maximum Gasteiger partial charge on any atom is 0.305 e. The van der Waals surface area contributed by atoms with E-state index in [1.807, 2.05) is 0 Å². The van der Waals surface area contributed by atoms with Gasteiger partial charge in [0.1, 0.15) is 0 Å². The van der Waals surface area contributed by atoms with Crippen molar-refractivity contribution in [2.45, 2.75) is 0 Å². The second-order valence-electron chi connectivity index (χ2n) is 4.12. The third kappa shape index (κ3) is 3.17. The van der Waals surface area contributed by atoms with Crippen LogP contribution in [0.25, 0.3) is 0 Å². The van der Waals surface area contributed by atoms with Crippen LogP contribution in [0.3, 0.4) is 0 Å². The number of hydrogen-bond donors (Lipinski definition) is 1. The van der Waals surface area contributed by atoms with Crippen LogP contribution in [-0.4, -0.2) is 10.8 Å². The minimum atomic E-state index is -1.20. The van der Waals surface area contributed by atoms with Crippen LogP contribution < -0.4 is 5.32 Å². The summed E-state index contributed by atoms with van der Waals surface area (Å²) in [6.07, 6.45) is 0. The van der Waals surface area contributed by atoms with Gasteiger partial charge in [-0.05, 0) is 12.1 Å². The molecule has 114 valence electrons. The number of rotatable bonds is 3. The molecule has 9 heteroatoms. The van der Waals surface area contributed by atoms with Crippen LogP contribution in [0.5, 0.6) is 0 Å². The largest absolute Gasteiger partial charge is 0.322 e. The van der Waals surface area contributed by atoms with Gasteiger partial charge in [-0.2, -0.15) is 4.39 Å². The third-order valence-electron chi connectivity index (χ3n) is 2.66. The van der Waals surface area contributed by atoms with E-state index in [9.17, 15) is 28.1 Å². The van der Waals surface area contributed by atoms with Crippen LogP contribution in [0.2, 0.25) is 5.02 Å². The molecule has 0 radical (unpaired) electrons. The number of amides is 1. The van der Waals surface area contributed by atoms with Crippen LogP contribution >= 0.6 is 11.6 Å². The smallest absolute Gasteiger partial charge is 0.305 e. The number of halogens is 4. The molecule has 5 nitrogen and oxygen atoms in total. The lowest BCUT2D eigenvalue weighted by Crippen LogP contribution is -2.13. The first-order valence-electron chi connectivity index (χ1n) is 5.69. The summed E-state index contributed by atoms with van der Waals surface area (Å²) in [5, 5.41) is 12.5. The van der Waals surface area contributed by atoms with E-state index in [1.54, 1.807) is 0 Å². The maximum absolute atomic E-state index is 13.3. The molecule has 2 rings (SSSR count). The fourth-order valence-corrected chi connectivity index (χ4v) is 1.86. The van der Waals surface area contributed by atoms with E-state index in [2.05, 4.69) is 5.32 Å². The molecule has 1 N–H and O–H groups in total. The molecule has 2 aromatic carbocycles. The van der Waals surface area contributed by atoms with Crippen LogP contribution in [-0.2, 0) is 0 Å². The SMILES string of the molecule is O=C(Nc1ccc(F)c(F)c1)c1cc([N+](=O)[O-])c(F)cc1Cl. The lowest BCUT2D eigenvalue weighted by atomic mass is 10.1. The van der Waals surface area contributed by atoms with Gasteiger partial charge in [0.05, 0.1) is 15.5 Å². The standard InChI is InChI=1S/C13H6ClF3N2O3/c14-8-5-11(17)12(19(21)22)4-7(8)13(20)18-6-1-2-9(15)10(16)3-6/h1-5H,(H,18,20). The first-order valence-corrected chi connectivity index (χ1v) is 6.07. The summed E-state index contributed by atoms with van der Waals surface area (Å²) in [7, 11) is 0. The molecule has 1 amide bonds. The van der Waals surface area contributed by atoms with Crippen molar-refractivity contribution in [2.24, 2.45) is 0 Å². The number of nitrogens with zero attached hydrogens (tertiary/aromatic N) is 1. The molecule has 2 aromatic rings. The van der Waals surface area contributed by atoms with E-state index in [1.165, 1.54) is 0 Å². The Morgan fingerprint density at radius 2 is 1.77 bits per heavy atom. The molecular weight excluding hydrogens is 325 g/mol. The molecule has 0 unspecified atom stereocenters. The van der Waals surface area contributed by atoms with Crippen molar-refractivity contribution in [1.29, 1.82) is 0 Å². The third-order valence-corrected chi connectivity index (χ3v) is 2.97. The fourth-order valence-electron chi connectivity index (χ4n) is 1.62. The molecule has 0 aromatic heterocycles. The second-order valence-corrected chi connectivity index (χ2v) is 4.53. The van der Waals surface area contributed by atoms with E-state index in [0.29, 0.717) is 12.1 Å². The van der Waals surface area contributed by atoms with Gasteiger partial charge in [0.25, 0.3) is 5.91 Å². The van der Waals surface area contributed by atoms with Crippen molar-refractivity contribution in [3.63, 3.8) is 0 Å². The minimum absolute atomic E-state index is 0.0908. The number of benzene rings is 2. The molecule has 0 saturated carbocycles. The van der Waals surface area contributed by atoms with Crippen molar-refractivity contribution >= 4 is 28.9 Å². The summed E-state index contributed by atoms with van der Waals surface area (Å²) in [4.78, 5) is 21.6. The summed E-state index contributed by atoms with van der Waals surface area (Å²) in [6, 6.07) is 3.88. The van der Waals surface area contributed by atoms with Gasteiger partial charge in [0.2, 0.25) is 5.82 Å². The Morgan fingerprint density at radius 1 is 1.09 bits per heavy atom. The molecule has 0 aliphatic heterocycles. The van der Waals surface area contributed by atoms with Crippen LogP contribution in [0.15, 0.2) is 30.3 Å². The Balaban J connectivity index is 2.35. The van der Waals surface area contributed by atoms with E-state index in [0.717, 1.165) is 18.2 Å². The van der Waals surface area contributed by atoms with Crippen molar-refractivity contribution in [3.8, 4) is 0 Å². The maximum atomic E-state index is 13.3. The Morgan fingerprint density at radius 3 is 2.36 bits per heavy atom. The molecule has 0 fully saturated rings. The average Bonchev–Trinajstić information content (AvgIpc) is 2.42. The predicted octanol–water partition coefficient (Wildman–Crippen LogP) is 3.92.